The third kappa shape index (κ3) is 2.98. The van der Waals surface area contributed by atoms with E-state index in [1.807, 2.05) is 19.3 Å². The van der Waals surface area contributed by atoms with Gasteiger partial charge in [-0.3, -0.25) is 4.98 Å². The Bertz CT molecular complexity index is 718. The van der Waals surface area contributed by atoms with Gasteiger partial charge in [-0.1, -0.05) is 24.3 Å². The minimum atomic E-state index is 0.219. The molecule has 0 spiro atoms. The van der Waals surface area contributed by atoms with Gasteiger partial charge in [0.05, 0.1) is 6.04 Å². The number of para-hydroxylation sites is 1. The number of nitrogens with zero attached hydrogens (tertiary/aromatic N) is 1. The maximum atomic E-state index is 6.06. The van der Waals surface area contributed by atoms with Crippen LogP contribution in [0.5, 0.6) is 0 Å². The topological polar surface area (TPSA) is 38.1 Å². The molecule has 3 rings (SSSR count). The van der Waals surface area contributed by atoms with Crippen molar-refractivity contribution in [2.45, 2.75) is 25.8 Å². The molecule has 0 saturated heterocycles. The van der Waals surface area contributed by atoms with Gasteiger partial charge in [-0.05, 0) is 50.1 Å². The molecule has 0 aliphatic rings. The summed E-state index contributed by atoms with van der Waals surface area (Å²) in [6.45, 7) is 2.08. The van der Waals surface area contributed by atoms with E-state index in [0.717, 1.165) is 24.2 Å². The van der Waals surface area contributed by atoms with Crippen molar-refractivity contribution in [3.05, 3.63) is 65.7 Å². The zero-order valence-corrected chi connectivity index (χ0v) is 12.5. The van der Waals surface area contributed by atoms with E-state index in [9.17, 15) is 0 Å². The first-order valence-corrected chi connectivity index (χ1v) is 7.33. The molecule has 0 aliphatic carbocycles. The van der Waals surface area contributed by atoms with Crippen molar-refractivity contribution in [1.29, 1.82) is 0 Å². The minimum Gasteiger partial charge on any atom is -0.459 e. The van der Waals surface area contributed by atoms with Gasteiger partial charge in [0.15, 0.2) is 0 Å². The number of fused-ring (bicyclic) bond motifs is 1. The van der Waals surface area contributed by atoms with Gasteiger partial charge in [0.25, 0.3) is 0 Å². The highest BCUT2D eigenvalue weighted by Crippen LogP contribution is 2.28. The Balaban J connectivity index is 1.80. The molecule has 1 atom stereocenters. The number of furan rings is 1. The van der Waals surface area contributed by atoms with Gasteiger partial charge in [0.2, 0.25) is 0 Å². The predicted octanol–water partition coefficient (Wildman–Crippen LogP) is 4.03. The van der Waals surface area contributed by atoms with Gasteiger partial charge < -0.3 is 9.73 Å². The maximum Gasteiger partial charge on any atom is 0.137 e. The Morgan fingerprint density at radius 2 is 2.14 bits per heavy atom. The van der Waals surface area contributed by atoms with E-state index < -0.39 is 0 Å². The lowest BCUT2D eigenvalue weighted by Crippen LogP contribution is -2.16. The fourth-order valence-electron chi connectivity index (χ4n) is 2.69. The van der Waals surface area contributed by atoms with E-state index in [2.05, 4.69) is 47.6 Å². The van der Waals surface area contributed by atoms with Crippen LogP contribution in [0.25, 0.3) is 11.0 Å². The number of benzene rings is 1. The smallest absolute Gasteiger partial charge is 0.137 e. The van der Waals surface area contributed by atoms with Crippen LogP contribution < -0.4 is 5.32 Å². The molecule has 108 valence electrons. The Morgan fingerprint density at radius 3 is 2.86 bits per heavy atom. The SMILES string of the molecule is CNC(CCc1cccnc1)c1cc2cccc(C)c2o1. The van der Waals surface area contributed by atoms with Crippen LogP contribution in [0.2, 0.25) is 0 Å². The number of rotatable bonds is 5. The number of hydrogen-bond donors (Lipinski definition) is 1. The number of pyridine rings is 1. The monoisotopic (exact) mass is 280 g/mol. The van der Waals surface area contributed by atoms with Crippen LogP contribution in [-0.2, 0) is 6.42 Å². The van der Waals surface area contributed by atoms with Crippen molar-refractivity contribution in [1.82, 2.24) is 10.3 Å². The Labute approximate surface area is 125 Å². The fourth-order valence-corrected chi connectivity index (χ4v) is 2.69. The first kappa shape index (κ1) is 13.8. The van der Waals surface area contributed by atoms with Crippen molar-refractivity contribution < 1.29 is 4.42 Å². The molecule has 0 saturated carbocycles. The van der Waals surface area contributed by atoms with E-state index >= 15 is 0 Å². The Hall–Kier alpha value is -2.13. The van der Waals surface area contributed by atoms with Crippen molar-refractivity contribution in [3.8, 4) is 0 Å². The average molecular weight is 280 g/mol. The zero-order valence-electron chi connectivity index (χ0n) is 12.5. The standard InChI is InChI=1S/C18H20N2O/c1-13-5-3-7-15-11-17(21-18(13)15)16(19-2)9-8-14-6-4-10-20-12-14/h3-7,10-12,16,19H,8-9H2,1-2H3. The summed E-state index contributed by atoms with van der Waals surface area (Å²) in [6.07, 6.45) is 5.70. The average Bonchev–Trinajstić information content (AvgIpc) is 2.94. The lowest BCUT2D eigenvalue weighted by molar-refractivity contribution is 0.432. The zero-order chi connectivity index (χ0) is 14.7. The highest BCUT2D eigenvalue weighted by molar-refractivity contribution is 5.81. The number of aromatic nitrogens is 1. The van der Waals surface area contributed by atoms with Crippen molar-refractivity contribution >= 4 is 11.0 Å². The summed E-state index contributed by atoms with van der Waals surface area (Å²) in [5, 5.41) is 4.53. The van der Waals surface area contributed by atoms with Gasteiger partial charge in [-0.25, -0.2) is 0 Å². The van der Waals surface area contributed by atoms with Gasteiger partial charge in [0, 0.05) is 17.8 Å². The van der Waals surface area contributed by atoms with Crippen LogP contribution in [0.1, 0.15) is 29.3 Å². The molecule has 1 unspecified atom stereocenters. The van der Waals surface area contributed by atoms with Crippen molar-refractivity contribution in [3.63, 3.8) is 0 Å². The molecular weight excluding hydrogens is 260 g/mol. The van der Waals surface area contributed by atoms with Crippen LogP contribution in [0.4, 0.5) is 0 Å². The van der Waals surface area contributed by atoms with E-state index in [0.29, 0.717) is 0 Å². The molecule has 0 fully saturated rings. The first-order chi connectivity index (χ1) is 10.3. The largest absolute Gasteiger partial charge is 0.459 e. The van der Waals surface area contributed by atoms with Crippen LogP contribution in [0.3, 0.4) is 0 Å². The summed E-state index contributed by atoms with van der Waals surface area (Å²) < 4.78 is 6.06. The van der Waals surface area contributed by atoms with E-state index in [1.165, 1.54) is 16.5 Å². The summed E-state index contributed by atoms with van der Waals surface area (Å²) in [4.78, 5) is 4.16. The lowest BCUT2D eigenvalue weighted by Gasteiger charge is -2.13. The number of hydrogen-bond acceptors (Lipinski definition) is 3. The molecule has 3 nitrogen and oxygen atoms in total. The molecule has 21 heavy (non-hydrogen) atoms. The molecule has 2 aromatic heterocycles. The van der Waals surface area contributed by atoms with E-state index in [1.54, 1.807) is 6.20 Å². The maximum absolute atomic E-state index is 6.06. The quantitative estimate of drug-likeness (QED) is 0.766. The first-order valence-electron chi connectivity index (χ1n) is 7.33. The highest BCUT2D eigenvalue weighted by Gasteiger charge is 2.15. The molecule has 1 N–H and O–H groups in total. The van der Waals surface area contributed by atoms with Gasteiger partial charge in [0.1, 0.15) is 11.3 Å². The van der Waals surface area contributed by atoms with E-state index in [-0.39, 0.29) is 6.04 Å². The molecule has 1 aromatic carbocycles. The molecule has 0 bridgehead atoms. The van der Waals surface area contributed by atoms with Gasteiger partial charge in [-0.2, -0.15) is 0 Å². The molecule has 3 heteroatoms. The van der Waals surface area contributed by atoms with Crippen molar-refractivity contribution in [2.24, 2.45) is 0 Å². The Morgan fingerprint density at radius 1 is 1.24 bits per heavy atom. The summed E-state index contributed by atoms with van der Waals surface area (Å²) >= 11 is 0. The van der Waals surface area contributed by atoms with Crippen LogP contribution in [-0.4, -0.2) is 12.0 Å². The van der Waals surface area contributed by atoms with Crippen LogP contribution >= 0.6 is 0 Å². The summed E-state index contributed by atoms with van der Waals surface area (Å²) in [7, 11) is 1.98. The van der Waals surface area contributed by atoms with Crippen LogP contribution in [0, 0.1) is 6.92 Å². The number of nitrogens with one attached hydrogen (secondary N) is 1. The summed E-state index contributed by atoms with van der Waals surface area (Å²) in [6, 6.07) is 12.7. The Kier molecular flexibility index (Phi) is 4.02. The van der Waals surface area contributed by atoms with Crippen LogP contribution in [0.15, 0.2) is 53.2 Å². The second-order valence-corrected chi connectivity index (χ2v) is 5.38. The molecular formula is C18H20N2O. The third-order valence-electron chi connectivity index (χ3n) is 3.90. The fraction of sp³-hybridized carbons (Fsp3) is 0.278. The molecule has 3 aromatic rings. The lowest BCUT2D eigenvalue weighted by atomic mass is 10.0. The molecule has 2 heterocycles. The van der Waals surface area contributed by atoms with Gasteiger partial charge in [-0.15, -0.1) is 0 Å². The molecule has 0 amide bonds. The third-order valence-corrected chi connectivity index (χ3v) is 3.90. The molecule has 0 aliphatic heterocycles. The summed E-state index contributed by atoms with van der Waals surface area (Å²) in [5.74, 6) is 1.01. The predicted molar refractivity (Wildman–Crippen MR) is 85.3 cm³/mol. The summed E-state index contributed by atoms with van der Waals surface area (Å²) in [5.41, 5.74) is 3.43. The van der Waals surface area contributed by atoms with Crippen molar-refractivity contribution in [2.75, 3.05) is 7.05 Å². The minimum absolute atomic E-state index is 0.219. The normalized spacial score (nSPS) is 12.7. The number of aryl methyl sites for hydroxylation is 2. The van der Waals surface area contributed by atoms with Gasteiger partial charge >= 0.3 is 0 Å². The highest BCUT2D eigenvalue weighted by atomic mass is 16.3. The second-order valence-electron chi connectivity index (χ2n) is 5.38. The second kappa shape index (κ2) is 6.10. The van der Waals surface area contributed by atoms with E-state index in [4.69, 9.17) is 4.42 Å². The molecule has 0 radical (unpaired) electrons.